The molecule has 0 heterocycles. The molecule has 3 aromatic rings. The van der Waals surface area contributed by atoms with Gasteiger partial charge in [-0.2, -0.15) is 0 Å². The minimum atomic E-state index is -3.85. The summed E-state index contributed by atoms with van der Waals surface area (Å²) in [7, 11) is -2.32. The quantitative estimate of drug-likeness (QED) is 0.593. The van der Waals surface area contributed by atoms with Crippen LogP contribution in [0.25, 0.3) is 0 Å². The second-order valence-electron chi connectivity index (χ2n) is 6.28. The zero-order valence-electron chi connectivity index (χ0n) is 15.8. The maximum Gasteiger partial charge on any atom is 0.262 e. The number of anilines is 2. The van der Waals surface area contributed by atoms with Gasteiger partial charge in [0.1, 0.15) is 5.75 Å². The summed E-state index contributed by atoms with van der Waals surface area (Å²) >= 11 is 5.84. The van der Waals surface area contributed by atoms with Crippen LogP contribution in [0.15, 0.2) is 71.6 Å². The van der Waals surface area contributed by atoms with Crippen molar-refractivity contribution in [3.05, 3.63) is 82.9 Å². The smallest absolute Gasteiger partial charge is 0.262 e. The van der Waals surface area contributed by atoms with Crippen LogP contribution in [0.4, 0.5) is 11.4 Å². The van der Waals surface area contributed by atoms with E-state index in [0.717, 1.165) is 0 Å². The highest BCUT2D eigenvalue weighted by Crippen LogP contribution is 2.24. The van der Waals surface area contributed by atoms with Gasteiger partial charge in [0.05, 0.1) is 12.0 Å². The highest BCUT2D eigenvalue weighted by atomic mass is 35.5. The molecule has 0 spiro atoms. The number of hydrogen-bond acceptors (Lipinski definition) is 4. The molecule has 1 amide bonds. The van der Waals surface area contributed by atoms with Gasteiger partial charge in [-0.3, -0.25) is 9.52 Å². The fraction of sp³-hybridized carbons (Fsp3) is 0.0952. The summed E-state index contributed by atoms with van der Waals surface area (Å²) in [6, 6.07) is 17.7. The Hall–Kier alpha value is -3.03. The van der Waals surface area contributed by atoms with Crippen molar-refractivity contribution in [3.8, 4) is 5.75 Å². The summed E-state index contributed by atoms with van der Waals surface area (Å²) < 4.78 is 33.3. The zero-order chi connectivity index (χ0) is 21.0. The highest BCUT2D eigenvalue weighted by Gasteiger charge is 2.18. The van der Waals surface area contributed by atoms with E-state index < -0.39 is 10.0 Å². The number of nitrogens with one attached hydrogen (secondary N) is 2. The van der Waals surface area contributed by atoms with E-state index in [1.165, 1.54) is 13.2 Å². The molecule has 0 saturated heterocycles. The number of carbonyl (C=O) groups excluding carboxylic acids is 1. The number of benzene rings is 3. The molecule has 0 radical (unpaired) electrons. The van der Waals surface area contributed by atoms with E-state index in [9.17, 15) is 13.2 Å². The summed E-state index contributed by atoms with van der Waals surface area (Å²) in [6.45, 7) is 1.69. The Morgan fingerprint density at radius 3 is 2.17 bits per heavy atom. The Morgan fingerprint density at radius 1 is 0.931 bits per heavy atom. The van der Waals surface area contributed by atoms with Crippen molar-refractivity contribution in [3.63, 3.8) is 0 Å². The first kappa shape index (κ1) is 20.7. The molecule has 0 bridgehead atoms. The Bertz CT molecular complexity index is 1130. The van der Waals surface area contributed by atoms with Crippen LogP contribution in [-0.2, 0) is 10.0 Å². The third-order valence-electron chi connectivity index (χ3n) is 4.18. The van der Waals surface area contributed by atoms with Crippen molar-refractivity contribution in [2.75, 3.05) is 17.1 Å². The molecule has 3 rings (SSSR count). The van der Waals surface area contributed by atoms with Crippen molar-refractivity contribution < 1.29 is 17.9 Å². The van der Waals surface area contributed by atoms with Crippen LogP contribution in [0.2, 0.25) is 5.02 Å². The predicted molar refractivity (Wildman–Crippen MR) is 114 cm³/mol. The lowest BCUT2D eigenvalue weighted by molar-refractivity contribution is 0.102. The van der Waals surface area contributed by atoms with E-state index in [1.54, 1.807) is 67.6 Å². The van der Waals surface area contributed by atoms with E-state index in [1.807, 2.05) is 0 Å². The molecule has 8 heteroatoms. The lowest BCUT2D eigenvalue weighted by Gasteiger charge is -2.13. The van der Waals surface area contributed by atoms with Gasteiger partial charge in [-0.25, -0.2) is 8.42 Å². The molecule has 0 saturated carbocycles. The van der Waals surface area contributed by atoms with Gasteiger partial charge in [0.2, 0.25) is 0 Å². The van der Waals surface area contributed by atoms with Gasteiger partial charge in [-0.1, -0.05) is 17.7 Å². The summed E-state index contributed by atoms with van der Waals surface area (Å²) in [6.07, 6.45) is 0. The first-order valence-corrected chi connectivity index (χ1v) is 10.5. The van der Waals surface area contributed by atoms with Crippen LogP contribution < -0.4 is 14.8 Å². The topological polar surface area (TPSA) is 84.5 Å². The fourth-order valence-corrected chi connectivity index (χ4v) is 4.10. The van der Waals surface area contributed by atoms with Gasteiger partial charge in [-0.05, 0) is 73.2 Å². The van der Waals surface area contributed by atoms with E-state index in [4.69, 9.17) is 16.3 Å². The standard InChI is InChI=1S/C21H19ClN2O4S/c1-14-3-8-18(23-21(25)15-4-6-16(22)7-5-15)13-20(14)29(26,27)24-17-9-11-19(28-2)12-10-17/h3-13,24H,1-2H3,(H,23,25). The normalized spacial score (nSPS) is 11.0. The molecule has 0 aliphatic carbocycles. The Labute approximate surface area is 174 Å². The largest absolute Gasteiger partial charge is 0.497 e. The summed E-state index contributed by atoms with van der Waals surface area (Å²) in [5.74, 6) is 0.257. The Kier molecular flexibility index (Phi) is 6.10. The number of sulfonamides is 1. The van der Waals surface area contributed by atoms with Crippen LogP contribution >= 0.6 is 11.6 Å². The second kappa shape index (κ2) is 8.55. The molecular weight excluding hydrogens is 412 g/mol. The molecule has 0 atom stereocenters. The Morgan fingerprint density at radius 2 is 1.55 bits per heavy atom. The van der Waals surface area contributed by atoms with Crippen LogP contribution in [0.5, 0.6) is 5.75 Å². The molecule has 0 fully saturated rings. The lowest BCUT2D eigenvalue weighted by Crippen LogP contribution is -2.16. The number of methoxy groups -OCH3 is 1. The van der Waals surface area contributed by atoms with Crippen molar-refractivity contribution >= 4 is 38.9 Å². The number of ether oxygens (including phenoxy) is 1. The maximum atomic E-state index is 12.9. The number of rotatable bonds is 6. The average Bonchev–Trinajstić information content (AvgIpc) is 2.70. The van der Waals surface area contributed by atoms with Gasteiger partial charge in [0.25, 0.3) is 15.9 Å². The zero-order valence-corrected chi connectivity index (χ0v) is 17.3. The third-order valence-corrected chi connectivity index (χ3v) is 5.96. The lowest BCUT2D eigenvalue weighted by atomic mass is 10.2. The van der Waals surface area contributed by atoms with Crippen LogP contribution in [0, 0.1) is 6.92 Å². The summed E-state index contributed by atoms with van der Waals surface area (Å²) in [5.41, 5.74) is 1.73. The van der Waals surface area contributed by atoms with Gasteiger partial charge in [0.15, 0.2) is 0 Å². The molecule has 6 nitrogen and oxygen atoms in total. The maximum absolute atomic E-state index is 12.9. The molecule has 3 aromatic carbocycles. The molecule has 29 heavy (non-hydrogen) atoms. The van der Waals surface area contributed by atoms with Crippen molar-refractivity contribution in [2.24, 2.45) is 0 Å². The monoisotopic (exact) mass is 430 g/mol. The molecule has 150 valence electrons. The van der Waals surface area contributed by atoms with E-state index in [0.29, 0.717) is 33.3 Å². The summed E-state index contributed by atoms with van der Waals surface area (Å²) in [5, 5.41) is 3.23. The number of carbonyl (C=O) groups is 1. The molecule has 0 aliphatic heterocycles. The average molecular weight is 431 g/mol. The van der Waals surface area contributed by atoms with Gasteiger partial charge in [0, 0.05) is 22.0 Å². The van der Waals surface area contributed by atoms with Gasteiger partial charge in [-0.15, -0.1) is 0 Å². The van der Waals surface area contributed by atoms with Crippen molar-refractivity contribution in [2.45, 2.75) is 11.8 Å². The van der Waals surface area contributed by atoms with Crippen LogP contribution in [-0.4, -0.2) is 21.4 Å². The number of aryl methyl sites for hydroxylation is 1. The Balaban J connectivity index is 1.83. The second-order valence-corrected chi connectivity index (χ2v) is 8.36. The molecule has 0 aliphatic rings. The third kappa shape index (κ3) is 5.07. The molecule has 2 N–H and O–H groups in total. The van der Waals surface area contributed by atoms with Gasteiger partial charge >= 0.3 is 0 Å². The molecule has 0 unspecified atom stereocenters. The first-order valence-electron chi connectivity index (χ1n) is 8.63. The first-order chi connectivity index (χ1) is 13.8. The SMILES string of the molecule is COc1ccc(NS(=O)(=O)c2cc(NC(=O)c3ccc(Cl)cc3)ccc2C)cc1. The number of halogens is 1. The summed E-state index contributed by atoms with van der Waals surface area (Å²) in [4.78, 5) is 12.5. The predicted octanol–water partition coefficient (Wildman–Crippen LogP) is 4.71. The van der Waals surface area contributed by atoms with Crippen LogP contribution in [0.3, 0.4) is 0 Å². The molecular formula is C21H19ClN2O4S. The molecule has 0 aromatic heterocycles. The van der Waals surface area contributed by atoms with E-state index in [2.05, 4.69) is 10.0 Å². The van der Waals surface area contributed by atoms with Crippen molar-refractivity contribution in [1.29, 1.82) is 0 Å². The van der Waals surface area contributed by atoms with Crippen LogP contribution in [0.1, 0.15) is 15.9 Å². The van der Waals surface area contributed by atoms with E-state index in [-0.39, 0.29) is 10.8 Å². The minimum Gasteiger partial charge on any atom is -0.497 e. The number of hydrogen-bond donors (Lipinski definition) is 2. The highest BCUT2D eigenvalue weighted by molar-refractivity contribution is 7.92. The number of amides is 1. The minimum absolute atomic E-state index is 0.0715. The fourth-order valence-electron chi connectivity index (χ4n) is 2.64. The van der Waals surface area contributed by atoms with Crippen molar-refractivity contribution in [1.82, 2.24) is 0 Å². The van der Waals surface area contributed by atoms with E-state index >= 15 is 0 Å². The van der Waals surface area contributed by atoms with Gasteiger partial charge < -0.3 is 10.1 Å².